The number of ether oxygens (including phenoxy) is 1. The van der Waals surface area contributed by atoms with E-state index < -0.39 is 11.6 Å². The van der Waals surface area contributed by atoms with E-state index in [2.05, 4.69) is 69.9 Å². The summed E-state index contributed by atoms with van der Waals surface area (Å²) in [7, 11) is 0. The smallest absolute Gasteiger partial charge is 0.336 e. The molecule has 1 aliphatic heterocycles. The summed E-state index contributed by atoms with van der Waals surface area (Å²) in [5, 5.41) is 9.39. The van der Waals surface area contributed by atoms with Crippen LogP contribution in [0.3, 0.4) is 0 Å². The van der Waals surface area contributed by atoms with Crippen molar-refractivity contribution >= 4 is 11.5 Å². The molecule has 3 aromatic carbocycles. The fourth-order valence-corrected chi connectivity index (χ4v) is 3.85. The molecule has 160 valence electrons. The Morgan fingerprint density at radius 3 is 2.38 bits per heavy atom. The Morgan fingerprint density at radius 1 is 0.969 bits per heavy atom. The van der Waals surface area contributed by atoms with Crippen LogP contribution in [0.15, 0.2) is 72.8 Å². The van der Waals surface area contributed by atoms with Gasteiger partial charge in [0.25, 0.3) is 0 Å². The van der Waals surface area contributed by atoms with Crippen LogP contribution >= 0.6 is 0 Å². The number of aromatic carboxylic acids is 1. The van der Waals surface area contributed by atoms with E-state index in [1.54, 1.807) is 24.3 Å². The van der Waals surface area contributed by atoms with Gasteiger partial charge in [-0.05, 0) is 72.9 Å². The molecule has 32 heavy (non-hydrogen) atoms. The number of rotatable bonds is 3. The van der Waals surface area contributed by atoms with Gasteiger partial charge < -0.3 is 9.84 Å². The van der Waals surface area contributed by atoms with Crippen molar-refractivity contribution in [3.8, 4) is 17.6 Å². The first-order valence-electron chi connectivity index (χ1n) is 10.7. The SMILES string of the molecule is CC(C)c1ccc(C2=CC(C)(C)Oc3ccc(C#Cc4ccccc4C(=O)O)cc32)cc1. The average Bonchev–Trinajstić information content (AvgIpc) is 2.77. The first kappa shape index (κ1) is 21.5. The van der Waals surface area contributed by atoms with Crippen molar-refractivity contribution in [2.75, 3.05) is 0 Å². The van der Waals surface area contributed by atoms with E-state index in [0.717, 1.165) is 28.0 Å². The Labute approximate surface area is 189 Å². The zero-order valence-electron chi connectivity index (χ0n) is 18.8. The van der Waals surface area contributed by atoms with Crippen molar-refractivity contribution in [3.63, 3.8) is 0 Å². The van der Waals surface area contributed by atoms with Crippen LogP contribution in [0.5, 0.6) is 5.75 Å². The molecule has 0 saturated heterocycles. The highest BCUT2D eigenvalue weighted by atomic mass is 16.5. The van der Waals surface area contributed by atoms with Crippen molar-refractivity contribution in [2.45, 2.75) is 39.2 Å². The van der Waals surface area contributed by atoms with Crippen molar-refractivity contribution in [1.29, 1.82) is 0 Å². The van der Waals surface area contributed by atoms with E-state index in [4.69, 9.17) is 4.74 Å². The first-order chi connectivity index (χ1) is 15.2. The standard InChI is InChI=1S/C29H26O3/c1-19(2)21-12-14-23(15-13-21)26-18-29(3,4)32-27-16-10-20(17-25(26)27)9-11-22-7-5-6-8-24(22)28(30)31/h5-8,10,12-19H,1-4H3,(H,30,31). The Kier molecular flexibility index (Phi) is 5.63. The predicted octanol–water partition coefficient (Wildman–Crippen LogP) is 6.51. The molecular formula is C29H26O3. The molecule has 1 N–H and O–H groups in total. The molecule has 3 aromatic rings. The summed E-state index contributed by atoms with van der Waals surface area (Å²) in [6, 6.07) is 21.3. The van der Waals surface area contributed by atoms with Crippen LogP contribution < -0.4 is 4.74 Å². The summed E-state index contributed by atoms with van der Waals surface area (Å²) >= 11 is 0. The van der Waals surface area contributed by atoms with E-state index in [0.29, 0.717) is 11.5 Å². The monoisotopic (exact) mass is 422 g/mol. The van der Waals surface area contributed by atoms with Gasteiger partial charge in [0.1, 0.15) is 11.4 Å². The maximum absolute atomic E-state index is 11.5. The normalized spacial score (nSPS) is 14.0. The molecule has 0 amide bonds. The topological polar surface area (TPSA) is 46.5 Å². The molecule has 3 heteroatoms. The molecular weight excluding hydrogens is 396 g/mol. The van der Waals surface area contributed by atoms with Crippen LogP contribution in [0.1, 0.15) is 71.8 Å². The molecule has 0 spiro atoms. The van der Waals surface area contributed by atoms with Crippen LogP contribution in [-0.2, 0) is 0 Å². The summed E-state index contributed by atoms with van der Waals surface area (Å²) < 4.78 is 6.20. The lowest BCUT2D eigenvalue weighted by atomic mass is 9.88. The van der Waals surface area contributed by atoms with E-state index in [1.807, 2.05) is 18.2 Å². The van der Waals surface area contributed by atoms with Gasteiger partial charge in [-0.15, -0.1) is 0 Å². The average molecular weight is 423 g/mol. The minimum atomic E-state index is -0.981. The van der Waals surface area contributed by atoms with Crippen LogP contribution in [0.25, 0.3) is 5.57 Å². The third-order valence-electron chi connectivity index (χ3n) is 5.52. The number of benzene rings is 3. The maximum atomic E-state index is 11.5. The van der Waals surface area contributed by atoms with Crippen LogP contribution in [0, 0.1) is 11.8 Å². The van der Waals surface area contributed by atoms with Gasteiger partial charge in [-0.3, -0.25) is 0 Å². The fourth-order valence-electron chi connectivity index (χ4n) is 3.85. The van der Waals surface area contributed by atoms with Gasteiger partial charge in [-0.1, -0.05) is 62.1 Å². The molecule has 0 bridgehead atoms. The van der Waals surface area contributed by atoms with Gasteiger partial charge in [0.05, 0.1) is 5.56 Å². The molecule has 0 radical (unpaired) electrons. The number of carboxylic acids is 1. The fraction of sp³-hybridized carbons (Fsp3) is 0.207. The Balaban J connectivity index is 1.76. The molecule has 4 rings (SSSR count). The van der Waals surface area contributed by atoms with Crippen molar-refractivity contribution in [1.82, 2.24) is 0 Å². The highest BCUT2D eigenvalue weighted by molar-refractivity contribution is 5.91. The van der Waals surface area contributed by atoms with Gasteiger partial charge in [-0.2, -0.15) is 0 Å². The molecule has 0 fully saturated rings. The summed E-state index contributed by atoms with van der Waals surface area (Å²) in [4.78, 5) is 11.5. The molecule has 3 nitrogen and oxygen atoms in total. The second-order valence-electron chi connectivity index (χ2n) is 8.85. The van der Waals surface area contributed by atoms with Crippen LogP contribution in [-0.4, -0.2) is 16.7 Å². The zero-order valence-corrected chi connectivity index (χ0v) is 18.8. The van der Waals surface area contributed by atoms with Crippen molar-refractivity contribution in [2.24, 2.45) is 0 Å². The summed E-state index contributed by atoms with van der Waals surface area (Å²) in [5.41, 5.74) is 5.61. The van der Waals surface area contributed by atoms with E-state index >= 15 is 0 Å². The van der Waals surface area contributed by atoms with Crippen LogP contribution in [0.4, 0.5) is 0 Å². The minimum absolute atomic E-state index is 0.203. The lowest BCUT2D eigenvalue weighted by Gasteiger charge is -2.31. The second kappa shape index (κ2) is 8.40. The van der Waals surface area contributed by atoms with Gasteiger partial charge in [0.15, 0.2) is 0 Å². The molecule has 0 saturated carbocycles. The van der Waals surface area contributed by atoms with Crippen molar-refractivity contribution in [3.05, 3.63) is 106 Å². The largest absolute Gasteiger partial charge is 0.483 e. The minimum Gasteiger partial charge on any atom is -0.483 e. The van der Waals surface area contributed by atoms with Crippen molar-refractivity contribution < 1.29 is 14.6 Å². The molecule has 1 heterocycles. The molecule has 0 atom stereocenters. The number of carbonyl (C=O) groups is 1. The van der Waals surface area contributed by atoms with E-state index in [-0.39, 0.29) is 5.56 Å². The Morgan fingerprint density at radius 2 is 1.69 bits per heavy atom. The van der Waals surface area contributed by atoms with E-state index in [9.17, 15) is 9.90 Å². The maximum Gasteiger partial charge on any atom is 0.336 e. The van der Waals surface area contributed by atoms with Gasteiger partial charge >= 0.3 is 5.97 Å². The summed E-state index contributed by atoms with van der Waals surface area (Å²) in [5.74, 6) is 6.46. The van der Waals surface area contributed by atoms with E-state index in [1.165, 1.54) is 5.56 Å². The molecule has 0 aliphatic carbocycles. The summed E-state index contributed by atoms with van der Waals surface area (Å²) in [6.45, 7) is 8.48. The Bertz CT molecular complexity index is 1270. The lowest BCUT2D eigenvalue weighted by Crippen LogP contribution is -2.29. The number of fused-ring (bicyclic) bond motifs is 1. The highest BCUT2D eigenvalue weighted by Crippen LogP contribution is 2.40. The van der Waals surface area contributed by atoms with Crippen LogP contribution in [0.2, 0.25) is 0 Å². The van der Waals surface area contributed by atoms with Gasteiger partial charge in [0, 0.05) is 16.7 Å². The Hall–Kier alpha value is -3.77. The molecule has 1 aliphatic rings. The first-order valence-corrected chi connectivity index (χ1v) is 10.7. The van der Waals surface area contributed by atoms with Gasteiger partial charge in [-0.25, -0.2) is 4.79 Å². The predicted molar refractivity (Wildman–Crippen MR) is 128 cm³/mol. The third-order valence-corrected chi connectivity index (χ3v) is 5.52. The van der Waals surface area contributed by atoms with Gasteiger partial charge in [0.2, 0.25) is 0 Å². The number of hydrogen-bond donors (Lipinski definition) is 1. The molecule has 0 aromatic heterocycles. The lowest BCUT2D eigenvalue weighted by molar-refractivity contribution is 0.0696. The highest BCUT2D eigenvalue weighted by Gasteiger charge is 2.27. The number of hydrogen-bond acceptors (Lipinski definition) is 2. The second-order valence-corrected chi connectivity index (χ2v) is 8.85. The third kappa shape index (κ3) is 4.45. The summed E-state index contributed by atoms with van der Waals surface area (Å²) in [6.07, 6.45) is 2.15. The zero-order chi connectivity index (χ0) is 22.9. The molecule has 0 unspecified atom stereocenters. The number of carboxylic acid groups (broad SMARTS) is 1. The quantitative estimate of drug-likeness (QED) is 0.489.